The molecule has 0 saturated carbocycles. The fourth-order valence-electron chi connectivity index (χ4n) is 2.00. The molecule has 0 spiro atoms. The van der Waals surface area contributed by atoms with Gasteiger partial charge in [-0.3, -0.25) is 0 Å². The number of halogens is 1. The van der Waals surface area contributed by atoms with E-state index in [9.17, 15) is 4.39 Å². The van der Waals surface area contributed by atoms with E-state index in [4.69, 9.17) is 10.5 Å². The van der Waals surface area contributed by atoms with E-state index >= 15 is 0 Å². The average Bonchev–Trinajstić information content (AvgIpc) is 2.20. The van der Waals surface area contributed by atoms with Crippen LogP contribution in [0.5, 0.6) is 5.75 Å². The van der Waals surface area contributed by atoms with E-state index in [1.54, 1.807) is 6.07 Å². The Morgan fingerprint density at radius 1 is 1.60 bits per heavy atom. The zero-order chi connectivity index (χ0) is 11.1. The highest BCUT2D eigenvalue weighted by Gasteiger charge is 2.34. The highest BCUT2D eigenvalue weighted by molar-refractivity contribution is 5.39. The van der Waals surface area contributed by atoms with Crippen LogP contribution < -0.4 is 10.5 Å². The number of nitrogens with two attached hydrogens (primary N) is 1. The molecule has 2 rings (SSSR count). The van der Waals surface area contributed by atoms with Crippen LogP contribution in [0.25, 0.3) is 0 Å². The normalized spacial score (nSPS) is 29.5. The van der Waals surface area contributed by atoms with Crippen molar-refractivity contribution in [3.63, 3.8) is 0 Å². The van der Waals surface area contributed by atoms with Crippen LogP contribution in [-0.4, -0.2) is 5.60 Å². The Hall–Kier alpha value is -1.09. The van der Waals surface area contributed by atoms with E-state index in [2.05, 4.69) is 6.92 Å². The molecule has 1 aromatic carbocycles. The van der Waals surface area contributed by atoms with Gasteiger partial charge in [-0.05, 0) is 31.5 Å². The van der Waals surface area contributed by atoms with Crippen LogP contribution in [-0.2, 0) is 0 Å². The third-order valence-electron chi connectivity index (χ3n) is 3.13. The van der Waals surface area contributed by atoms with Gasteiger partial charge in [-0.1, -0.05) is 6.92 Å². The fraction of sp³-hybridized carbons (Fsp3) is 0.500. The number of hydrogen-bond donors (Lipinski definition) is 1. The molecule has 2 N–H and O–H groups in total. The van der Waals surface area contributed by atoms with Crippen molar-refractivity contribution < 1.29 is 9.13 Å². The summed E-state index contributed by atoms with van der Waals surface area (Å²) >= 11 is 0. The van der Waals surface area contributed by atoms with Gasteiger partial charge in [-0.2, -0.15) is 0 Å². The molecule has 0 amide bonds. The van der Waals surface area contributed by atoms with Gasteiger partial charge >= 0.3 is 0 Å². The van der Waals surface area contributed by atoms with Crippen molar-refractivity contribution in [1.82, 2.24) is 0 Å². The first-order valence-corrected chi connectivity index (χ1v) is 5.28. The zero-order valence-corrected chi connectivity index (χ0v) is 9.09. The molecule has 2 nitrogen and oxygen atoms in total. The second-order valence-corrected chi connectivity index (χ2v) is 4.40. The standard InChI is InChI=1S/C12H16FNO/c1-3-12(2)7-10(14)9-6-8(13)4-5-11(9)15-12/h4-6,10H,3,7,14H2,1-2H3/t10-,12?/m1/s1. The van der Waals surface area contributed by atoms with Gasteiger partial charge in [0.15, 0.2) is 0 Å². The van der Waals surface area contributed by atoms with Crippen molar-refractivity contribution in [2.24, 2.45) is 5.73 Å². The molecule has 1 aliphatic heterocycles. The molecule has 0 fully saturated rings. The number of hydrogen-bond acceptors (Lipinski definition) is 2. The van der Waals surface area contributed by atoms with Crippen molar-refractivity contribution >= 4 is 0 Å². The highest BCUT2D eigenvalue weighted by atomic mass is 19.1. The molecule has 0 aliphatic carbocycles. The van der Waals surface area contributed by atoms with E-state index in [0.717, 1.165) is 24.2 Å². The lowest BCUT2D eigenvalue weighted by Gasteiger charge is -2.38. The van der Waals surface area contributed by atoms with Crippen molar-refractivity contribution in [3.05, 3.63) is 29.6 Å². The molecular weight excluding hydrogens is 193 g/mol. The fourth-order valence-corrected chi connectivity index (χ4v) is 2.00. The summed E-state index contributed by atoms with van der Waals surface area (Å²) in [4.78, 5) is 0. The summed E-state index contributed by atoms with van der Waals surface area (Å²) < 4.78 is 18.9. The lowest BCUT2D eigenvalue weighted by molar-refractivity contribution is 0.0501. The molecule has 0 bridgehead atoms. The Morgan fingerprint density at radius 3 is 3.00 bits per heavy atom. The SMILES string of the molecule is CCC1(C)C[C@@H](N)c2cc(F)ccc2O1. The molecule has 1 heterocycles. The van der Waals surface area contributed by atoms with Crippen molar-refractivity contribution in [3.8, 4) is 5.75 Å². The van der Waals surface area contributed by atoms with Crippen LogP contribution in [0.4, 0.5) is 4.39 Å². The summed E-state index contributed by atoms with van der Waals surface area (Å²) in [6.07, 6.45) is 1.64. The minimum atomic E-state index is -0.257. The Labute approximate surface area is 89.2 Å². The molecule has 1 unspecified atom stereocenters. The maximum absolute atomic E-state index is 13.0. The first kappa shape index (κ1) is 10.4. The largest absolute Gasteiger partial charge is 0.487 e. The average molecular weight is 209 g/mol. The van der Waals surface area contributed by atoms with Crippen LogP contribution in [0.15, 0.2) is 18.2 Å². The van der Waals surface area contributed by atoms with Gasteiger partial charge in [0.2, 0.25) is 0 Å². The molecule has 82 valence electrons. The second kappa shape index (κ2) is 3.49. The van der Waals surface area contributed by atoms with E-state index in [-0.39, 0.29) is 17.5 Å². The maximum Gasteiger partial charge on any atom is 0.125 e. The Kier molecular flexibility index (Phi) is 2.43. The summed E-state index contributed by atoms with van der Waals surface area (Å²) in [5, 5.41) is 0. The van der Waals surface area contributed by atoms with Gasteiger partial charge in [-0.25, -0.2) is 4.39 Å². The van der Waals surface area contributed by atoms with E-state index < -0.39 is 0 Å². The van der Waals surface area contributed by atoms with Gasteiger partial charge in [0.1, 0.15) is 17.2 Å². The summed E-state index contributed by atoms with van der Waals surface area (Å²) in [5.41, 5.74) is 6.58. The molecule has 0 saturated heterocycles. The summed E-state index contributed by atoms with van der Waals surface area (Å²) in [7, 11) is 0. The number of fused-ring (bicyclic) bond motifs is 1. The summed E-state index contributed by atoms with van der Waals surface area (Å²) in [6.45, 7) is 4.11. The van der Waals surface area contributed by atoms with Crippen molar-refractivity contribution in [2.75, 3.05) is 0 Å². The van der Waals surface area contributed by atoms with Crippen LogP contribution >= 0.6 is 0 Å². The molecule has 1 aromatic rings. The number of ether oxygens (including phenoxy) is 1. The van der Waals surface area contributed by atoms with Crippen molar-refractivity contribution in [2.45, 2.75) is 38.3 Å². The van der Waals surface area contributed by atoms with Crippen LogP contribution in [0.3, 0.4) is 0 Å². The number of benzene rings is 1. The maximum atomic E-state index is 13.0. The molecular formula is C12H16FNO. The lowest BCUT2D eigenvalue weighted by atomic mass is 9.87. The van der Waals surface area contributed by atoms with Gasteiger partial charge in [0, 0.05) is 18.0 Å². The smallest absolute Gasteiger partial charge is 0.125 e. The molecule has 2 atom stereocenters. The topological polar surface area (TPSA) is 35.2 Å². The third kappa shape index (κ3) is 1.84. The highest BCUT2D eigenvalue weighted by Crippen LogP contribution is 2.39. The first-order valence-electron chi connectivity index (χ1n) is 5.28. The number of rotatable bonds is 1. The van der Waals surface area contributed by atoms with Gasteiger partial charge in [-0.15, -0.1) is 0 Å². The first-order chi connectivity index (χ1) is 7.04. The van der Waals surface area contributed by atoms with E-state index in [0.29, 0.717) is 0 Å². The summed E-state index contributed by atoms with van der Waals surface area (Å²) in [6, 6.07) is 4.41. The predicted molar refractivity (Wildman–Crippen MR) is 57.3 cm³/mol. The molecule has 15 heavy (non-hydrogen) atoms. The van der Waals surface area contributed by atoms with Crippen molar-refractivity contribution in [1.29, 1.82) is 0 Å². The monoisotopic (exact) mass is 209 g/mol. The van der Waals surface area contributed by atoms with Crippen LogP contribution in [0.2, 0.25) is 0 Å². The Bertz CT molecular complexity index is 380. The van der Waals surface area contributed by atoms with E-state index in [1.807, 2.05) is 6.92 Å². The molecule has 0 radical (unpaired) electrons. The van der Waals surface area contributed by atoms with Gasteiger partial charge < -0.3 is 10.5 Å². The van der Waals surface area contributed by atoms with E-state index in [1.165, 1.54) is 12.1 Å². The van der Waals surface area contributed by atoms with Gasteiger partial charge in [0.05, 0.1) is 0 Å². The predicted octanol–water partition coefficient (Wildman–Crippen LogP) is 2.78. The van der Waals surface area contributed by atoms with Gasteiger partial charge in [0.25, 0.3) is 0 Å². The lowest BCUT2D eigenvalue weighted by Crippen LogP contribution is -2.39. The third-order valence-corrected chi connectivity index (χ3v) is 3.13. The molecule has 0 aromatic heterocycles. The second-order valence-electron chi connectivity index (χ2n) is 4.40. The minimum absolute atomic E-state index is 0.130. The quantitative estimate of drug-likeness (QED) is 0.771. The molecule has 1 aliphatic rings. The van der Waals surface area contributed by atoms with Crippen LogP contribution in [0, 0.1) is 5.82 Å². The van der Waals surface area contributed by atoms with Crippen LogP contribution in [0.1, 0.15) is 38.3 Å². The molecule has 3 heteroatoms. The zero-order valence-electron chi connectivity index (χ0n) is 9.09. The Balaban J connectivity index is 2.41. The minimum Gasteiger partial charge on any atom is -0.487 e. The summed E-state index contributed by atoms with van der Waals surface area (Å²) in [5.74, 6) is 0.465. The Morgan fingerprint density at radius 2 is 2.33 bits per heavy atom.